The van der Waals surface area contributed by atoms with Crippen molar-refractivity contribution in [2.45, 2.75) is 24.4 Å². The molecule has 1 spiro atoms. The van der Waals surface area contributed by atoms with E-state index in [4.69, 9.17) is 4.74 Å². The van der Waals surface area contributed by atoms with Gasteiger partial charge in [-0.05, 0) is 30.8 Å². The molecule has 2 aliphatic heterocycles. The van der Waals surface area contributed by atoms with E-state index in [0.717, 1.165) is 31.5 Å². The summed E-state index contributed by atoms with van der Waals surface area (Å²) in [5, 5.41) is 6.02. The molecule has 2 aliphatic rings. The van der Waals surface area contributed by atoms with Crippen LogP contribution >= 0.6 is 0 Å². The molecule has 0 radical (unpaired) electrons. The summed E-state index contributed by atoms with van der Waals surface area (Å²) in [4.78, 5) is 11.6. The van der Waals surface area contributed by atoms with Crippen LogP contribution in [0.25, 0.3) is 0 Å². The molecule has 5 heteroatoms. The minimum Gasteiger partial charge on any atom is -0.442 e. The van der Waals surface area contributed by atoms with Gasteiger partial charge in [0.05, 0.1) is 0 Å². The predicted molar refractivity (Wildman–Crippen MR) is 68.5 cm³/mol. The zero-order chi connectivity index (χ0) is 13.3. The summed E-state index contributed by atoms with van der Waals surface area (Å²) in [5.74, 6) is -0.170. The third kappa shape index (κ3) is 2.30. The van der Waals surface area contributed by atoms with Gasteiger partial charge in [-0.2, -0.15) is 0 Å². The lowest BCUT2D eigenvalue weighted by molar-refractivity contribution is -0.0494. The molecule has 2 fully saturated rings. The van der Waals surface area contributed by atoms with E-state index < -0.39 is 5.60 Å². The van der Waals surface area contributed by atoms with Crippen LogP contribution in [0.15, 0.2) is 24.3 Å². The molecular weight excluding hydrogens is 247 g/mol. The SMILES string of the molecule is O=C1NCC(c2ccc(F)cc2)C2(CCNCC2)O1. The second-order valence-corrected chi connectivity index (χ2v) is 5.19. The molecule has 0 bridgehead atoms. The molecule has 1 amide bonds. The molecule has 2 heterocycles. The summed E-state index contributed by atoms with van der Waals surface area (Å²) in [6.07, 6.45) is 1.24. The Hall–Kier alpha value is -1.62. The molecule has 1 atom stereocenters. The van der Waals surface area contributed by atoms with Gasteiger partial charge < -0.3 is 15.4 Å². The summed E-state index contributed by atoms with van der Waals surface area (Å²) >= 11 is 0. The summed E-state index contributed by atoms with van der Waals surface area (Å²) in [5.41, 5.74) is 0.564. The fourth-order valence-electron chi connectivity index (χ4n) is 3.08. The van der Waals surface area contributed by atoms with Crippen molar-refractivity contribution in [2.75, 3.05) is 19.6 Å². The first-order valence-corrected chi connectivity index (χ1v) is 6.63. The summed E-state index contributed by atoms with van der Waals surface area (Å²) in [7, 11) is 0. The van der Waals surface area contributed by atoms with E-state index in [1.807, 2.05) is 0 Å². The van der Waals surface area contributed by atoms with Crippen LogP contribution in [0.3, 0.4) is 0 Å². The number of carbonyl (C=O) groups excluding carboxylic acids is 1. The summed E-state index contributed by atoms with van der Waals surface area (Å²) in [6.45, 7) is 2.22. The number of halogens is 1. The molecule has 3 rings (SSSR count). The Labute approximate surface area is 111 Å². The smallest absolute Gasteiger partial charge is 0.407 e. The van der Waals surface area contributed by atoms with E-state index >= 15 is 0 Å². The van der Waals surface area contributed by atoms with Gasteiger partial charge in [0.1, 0.15) is 11.4 Å². The van der Waals surface area contributed by atoms with Crippen LogP contribution < -0.4 is 10.6 Å². The van der Waals surface area contributed by atoms with Gasteiger partial charge in [-0.15, -0.1) is 0 Å². The van der Waals surface area contributed by atoms with Crippen molar-refractivity contribution in [2.24, 2.45) is 0 Å². The zero-order valence-corrected chi connectivity index (χ0v) is 10.6. The number of ether oxygens (including phenoxy) is 1. The van der Waals surface area contributed by atoms with Crippen molar-refractivity contribution in [1.29, 1.82) is 0 Å². The van der Waals surface area contributed by atoms with Crippen molar-refractivity contribution in [3.8, 4) is 0 Å². The van der Waals surface area contributed by atoms with Crippen LogP contribution in [0.1, 0.15) is 24.3 Å². The second-order valence-electron chi connectivity index (χ2n) is 5.19. The Morgan fingerprint density at radius 3 is 2.58 bits per heavy atom. The quantitative estimate of drug-likeness (QED) is 0.813. The predicted octanol–water partition coefficient (Wildman–Crippen LogP) is 1.77. The maximum Gasteiger partial charge on any atom is 0.407 e. The topological polar surface area (TPSA) is 50.4 Å². The molecular formula is C14H17FN2O2. The molecule has 1 aromatic rings. The van der Waals surface area contributed by atoms with E-state index in [9.17, 15) is 9.18 Å². The highest BCUT2D eigenvalue weighted by Crippen LogP contribution is 2.40. The van der Waals surface area contributed by atoms with Gasteiger partial charge in [0.2, 0.25) is 0 Å². The number of carbonyl (C=O) groups is 1. The van der Waals surface area contributed by atoms with Gasteiger partial charge >= 0.3 is 6.09 Å². The first-order valence-electron chi connectivity index (χ1n) is 6.63. The van der Waals surface area contributed by atoms with Crippen molar-refractivity contribution in [1.82, 2.24) is 10.6 Å². The Balaban J connectivity index is 1.92. The first kappa shape index (κ1) is 12.4. The number of hydrogen-bond donors (Lipinski definition) is 2. The zero-order valence-electron chi connectivity index (χ0n) is 10.6. The van der Waals surface area contributed by atoms with E-state index in [1.54, 1.807) is 12.1 Å². The lowest BCUT2D eigenvalue weighted by Crippen LogP contribution is -2.57. The lowest BCUT2D eigenvalue weighted by Gasteiger charge is -2.46. The van der Waals surface area contributed by atoms with Crippen molar-refractivity contribution < 1.29 is 13.9 Å². The third-order valence-corrected chi connectivity index (χ3v) is 4.10. The fourth-order valence-corrected chi connectivity index (χ4v) is 3.08. The number of amides is 1. The van der Waals surface area contributed by atoms with E-state index in [-0.39, 0.29) is 17.8 Å². The lowest BCUT2D eigenvalue weighted by atomic mass is 9.75. The number of piperidine rings is 1. The van der Waals surface area contributed by atoms with Crippen molar-refractivity contribution >= 4 is 6.09 Å². The Bertz CT molecular complexity index is 469. The first-order chi connectivity index (χ1) is 9.20. The average molecular weight is 264 g/mol. The van der Waals surface area contributed by atoms with Crippen LogP contribution in [0.5, 0.6) is 0 Å². The summed E-state index contributed by atoms with van der Waals surface area (Å²) < 4.78 is 18.7. The van der Waals surface area contributed by atoms with Crippen molar-refractivity contribution in [3.63, 3.8) is 0 Å². The normalized spacial score (nSPS) is 25.7. The third-order valence-electron chi connectivity index (χ3n) is 4.10. The van der Waals surface area contributed by atoms with Gasteiger partial charge in [-0.25, -0.2) is 9.18 Å². The Morgan fingerprint density at radius 2 is 1.89 bits per heavy atom. The molecule has 2 saturated heterocycles. The van der Waals surface area contributed by atoms with Gasteiger partial charge in [0, 0.05) is 25.3 Å². The van der Waals surface area contributed by atoms with Crippen LogP contribution in [-0.4, -0.2) is 31.3 Å². The van der Waals surface area contributed by atoms with Gasteiger partial charge in [0.25, 0.3) is 0 Å². The van der Waals surface area contributed by atoms with Crippen molar-refractivity contribution in [3.05, 3.63) is 35.6 Å². The fraction of sp³-hybridized carbons (Fsp3) is 0.500. The number of benzene rings is 1. The van der Waals surface area contributed by atoms with Gasteiger partial charge in [0.15, 0.2) is 0 Å². The molecule has 1 unspecified atom stereocenters. The minimum absolute atomic E-state index is 0.0768. The number of hydrogen-bond acceptors (Lipinski definition) is 3. The van der Waals surface area contributed by atoms with E-state index in [2.05, 4.69) is 10.6 Å². The Kier molecular flexibility index (Phi) is 3.14. The minimum atomic E-state index is -0.453. The van der Waals surface area contributed by atoms with Crippen LogP contribution in [0.2, 0.25) is 0 Å². The maximum absolute atomic E-state index is 13.0. The van der Waals surface area contributed by atoms with E-state index in [0.29, 0.717) is 6.54 Å². The van der Waals surface area contributed by atoms with E-state index in [1.165, 1.54) is 12.1 Å². The highest BCUT2D eigenvalue weighted by molar-refractivity contribution is 5.69. The number of rotatable bonds is 1. The maximum atomic E-state index is 13.0. The summed E-state index contributed by atoms with van der Waals surface area (Å²) in [6, 6.07) is 6.48. The van der Waals surface area contributed by atoms with Gasteiger partial charge in [-0.1, -0.05) is 12.1 Å². The van der Waals surface area contributed by atoms with Crippen LogP contribution in [-0.2, 0) is 4.74 Å². The second kappa shape index (κ2) is 4.81. The highest BCUT2D eigenvalue weighted by Gasteiger charge is 2.47. The number of alkyl carbamates (subject to hydrolysis) is 1. The highest BCUT2D eigenvalue weighted by atomic mass is 19.1. The molecule has 2 N–H and O–H groups in total. The number of nitrogens with one attached hydrogen (secondary N) is 2. The molecule has 0 saturated carbocycles. The standard InChI is InChI=1S/C14H17FN2O2/c15-11-3-1-10(2-4-11)12-9-17-13(18)19-14(12)5-7-16-8-6-14/h1-4,12,16H,5-9H2,(H,17,18). The molecule has 4 nitrogen and oxygen atoms in total. The Morgan fingerprint density at radius 1 is 1.21 bits per heavy atom. The van der Waals surface area contributed by atoms with Crippen LogP contribution in [0.4, 0.5) is 9.18 Å². The monoisotopic (exact) mass is 264 g/mol. The van der Waals surface area contributed by atoms with Gasteiger partial charge in [-0.3, -0.25) is 0 Å². The molecule has 0 aliphatic carbocycles. The largest absolute Gasteiger partial charge is 0.442 e. The molecule has 0 aromatic heterocycles. The average Bonchev–Trinajstić information content (AvgIpc) is 2.41. The molecule has 102 valence electrons. The molecule has 19 heavy (non-hydrogen) atoms. The van der Waals surface area contributed by atoms with Crippen LogP contribution in [0, 0.1) is 5.82 Å². The molecule has 1 aromatic carbocycles.